The molecule has 3 nitrogen and oxygen atoms in total. The molecular formula is C15H25ClN2O. The number of ether oxygens (including phenoxy) is 1. The second kappa shape index (κ2) is 10.0. The van der Waals surface area contributed by atoms with Crippen molar-refractivity contribution in [2.75, 3.05) is 6.61 Å². The van der Waals surface area contributed by atoms with Crippen molar-refractivity contribution in [3.05, 3.63) is 17.0 Å². The van der Waals surface area contributed by atoms with E-state index in [4.69, 9.17) is 16.3 Å². The molecule has 0 unspecified atom stereocenters. The zero-order valence-electron chi connectivity index (χ0n) is 12.1. The zero-order chi connectivity index (χ0) is 13.9. The largest absolute Gasteiger partial charge is 0.477 e. The molecule has 19 heavy (non-hydrogen) atoms. The summed E-state index contributed by atoms with van der Waals surface area (Å²) >= 11 is 6.07. The minimum absolute atomic E-state index is 0.523. The van der Waals surface area contributed by atoms with Crippen molar-refractivity contribution in [1.82, 2.24) is 9.97 Å². The Morgan fingerprint density at radius 3 is 2.47 bits per heavy atom. The molecule has 0 spiro atoms. The lowest BCUT2D eigenvalue weighted by Gasteiger charge is -2.10. The maximum Gasteiger partial charge on any atom is 0.221 e. The molecule has 0 aromatic carbocycles. The number of nitrogens with zero attached hydrogens (tertiary/aromatic N) is 2. The Labute approximate surface area is 121 Å². The Balaban J connectivity index is 2.30. The van der Waals surface area contributed by atoms with Crippen molar-refractivity contribution in [1.29, 1.82) is 0 Å². The van der Waals surface area contributed by atoms with E-state index in [2.05, 4.69) is 23.8 Å². The van der Waals surface area contributed by atoms with Crippen LogP contribution < -0.4 is 4.74 Å². The second-order valence-corrected chi connectivity index (χ2v) is 5.17. The van der Waals surface area contributed by atoms with Crippen LogP contribution in [-0.2, 0) is 6.42 Å². The fourth-order valence-corrected chi connectivity index (χ4v) is 2.23. The van der Waals surface area contributed by atoms with Crippen molar-refractivity contribution >= 4 is 11.6 Å². The van der Waals surface area contributed by atoms with Gasteiger partial charge in [0.05, 0.1) is 12.2 Å². The number of rotatable bonds is 10. The van der Waals surface area contributed by atoms with E-state index in [0.717, 1.165) is 31.4 Å². The van der Waals surface area contributed by atoms with Gasteiger partial charge < -0.3 is 4.74 Å². The van der Waals surface area contributed by atoms with Crippen LogP contribution >= 0.6 is 11.6 Å². The van der Waals surface area contributed by atoms with Gasteiger partial charge in [0, 0.05) is 0 Å². The van der Waals surface area contributed by atoms with Gasteiger partial charge in [-0.1, -0.05) is 64.0 Å². The van der Waals surface area contributed by atoms with E-state index >= 15 is 0 Å². The highest BCUT2D eigenvalue weighted by Gasteiger charge is 2.09. The third-order valence-electron chi connectivity index (χ3n) is 3.09. The van der Waals surface area contributed by atoms with Gasteiger partial charge in [0.25, 0.3) is 0 Å². The van der Waals surface area contributed by atoms with Gasteiger partial charge in [0.2, 0.25) is 5.88 Å². The Morgan fingerprint density at radius 2 is 1.74 bits per heavy atom. The first-order valence-corrected chi connectivity index (χ1v) is 7.79. The van der Waals surface area contributed by atoms with Gasteiger partial charge >= 0.3 is 0 Å². The van der Waals surface area contributed by atoms with Crippen molar-refractivity contribution in [2.45, 2.75) is 65.2 Å². The highest BCUT2D eigenvalue weighted by Crippen LogP contribution is 2.23. The van der Waals surface area contributed by atoms with Gasteiger partial charge in [-0.2, -0.15) is 0 Å². The maximum absolute atomic E-state index is 6.07. The Bertz CT molecular complexity index is 358. The number of hydrogen-bond acceptors (Lipinski definition) is 3. The first-order chi connectivity index (χ1) is 9.29. The van der Waals surface area contributed by atoms with E-state index in [1.807, 2.05) is 0 Å². The molecule has 1 rings (SSSR count). The predicted octanol–water partition coefficient (Wildman–Crippen LogP) is 4.82. The molecule has 0 aliphatic heterocycles. The summed E-state index contributed by atoms with van der Waals surface area (Å²) in [7, 11) is 0. The van der Waals surface area contributed by atoms with Gasteiger partial charge in [-0.15, -0.1) is 0 Å². The number of halogens is 1. The average Bonchev–Trinajstić information content (AvgIpc) is 2.41. The molecule has 0 fully saturated rings. The van der Waals surface area contributed by atoms with Crippen LogP contribution in [0.3, 0.4) is 0 Å². The molecule has 1 heterocycles. The molecule has 0 bridgehead atoms. The first-order valence-electron chi connectivity index (χ1n) is 7.41. The van der Waals surface area contributed by atoms with Crippen molar-refractivity contribution in [3.63, 3.8) is 0 Å². The topological polar surface area (TPSA) is 35.0 Å². The summed E-state index contributed by atoms with van der Waals surface area (Å²) in [5, 5.41) is 0.523. The molecule has 0 saturated heterocycles. The molecule has 108 valence electrons. The smallest absolute Gasteiger partial charge is 0.221 e. The third-order valence-corrected chi connectivity index (χ3v) is 3.42. The van der Waals surface area contributed by atoms with Crippen LogP contribution in [0, 0.1) is 0 Å². The highest BCUT2D eigenvalue weighted by molar-refractivity contribution is 6.30. The van der Waals surface area contributed by atoms with Gasteiger partial charge in [0.1, 0.15) is 11.5 Å². The standard InChI is InChI=1S/C15H25ClN2O/c1-3-5-6-7-8-9-11-19-15-13(10-4-2)14(16)17-12-18-15/h12H,3-11H2,1-2H3. The lowest BCUT2D eigenvalue weighted by atomic mass is 10.1. The lowest BCUT2D eigenvalue weighted by molar-refractivity contribution is 0.289. The fraction of sp³-hybridized carbons (Fsp3) is 0.733. The molecule has 1 aromatic rings. The SMILES string of the molecule is CCCCCCCCOc1ncnc(Cl)c1CCC. The van der Waals surface area contributed by atoms with Crippen molar-refractivity contribution < 1.29 is 4.74 Å². The van der Waals surface area contributed by atoms with Crippen LogP contribution in [0.5, 0.6) is 5.88 Å². The van der Waals surface area contributed by atoms with E-state index in [9.17, 15) is 0 Å². The Morgan fingerprint density at radius 1 is 1.00 bits per heavy atom. The molecular weight excluding hydrogens is 260 g/mol. The van der Waals surface area contributed by atoms with Gasteiger partial charge in [-0.05, 0) is 12.8 Å². The molecule has 0 saturated carbocycles. The number of aromatic nitrogens is 2. The van der Waals surface area contributed by atoms with Crippen LogP contribution in [0.15, 0.2) is 6.33 Å². The molecule has 1 aromatic heterocycles. The van der Waals surface area contributed by atoms with Crippen LogP contribution in [-0.4, -0.2) is 16.6 Å². The van der Waals surface area contributed by atoms with E-state index < -0.39 is 0 Å². The third kappa shape index (κ3) is 6.24. The molecule has 0 aliphatic carbocycles. The predicted molar refractivity (Wildman–Crippen MR) is 79.9 cm³/mol. The lowest BCUT2D eigenvalue weighted by Crippen LogP contribution is -2.04. The summed E-state index contributed by atoms with van der Waals surface area (Å²) < 4.78 is 5.74. The van der Waals surface area contributed by atoms with Crippen LogP contribution in [0.25, 0.3) is 0 Å². The van der Waals surface area contributed by atoms with Gasteiger partial charge in [-0.25, -0.2) is 9.97 Å². The zero-order valence-corrected chi connectivity index (χ0v) is 12.9. The molecule has 0 aliphatic rings. The molecule has 4 heteroatoms. The van der Waals surface area contributed by atoms with Crippen LogP contribution in [0.4, 0.5) is 0 Å². The van der Waals surface area contributed by atoms with E-state index in [1.165, 1.54) is 38.4 Å². The van der Waals surface area contributed by atoms with E-state index in [-0.39, 0.29) is 0 Å². The fourth-order valence-electron chi connectivity index (χ4n) is 2.01. The summed E-state index contributed by atoms with van der Waals surface area (Å²) in [4.78, 5) is 8.20. The van der Waals surface area contributed by atoms with Crippen LogP contribution in [0.2, 0.25) is 5.15 Å². The molecule has 0 amide bonds. The van der Waals surface area contributed by atoms with Gasteiger partial charge in [0.15, 0.2) is 0 Å². The van der Waals surface area contributed by atoms with Crippen LogP contribution in [0.1, 0.15) is 64.4 Å². The first kappa shape index (κ1) is 16.2. The molecule has 0 radical (unpaired) electrons. The minimum atomic E-state index is 0.523. The minimum Gasteiger partial charge on any atom is -0.477 e. The number of hydrogen-bond donors (Lipinski definition) is 0. The van der Waals surface area contributed by atoms with Gasteiger partial charge in [-0.3, -0.25) is 0 Å². The summed E-state index contributed by atoms with van der Waals surface area (Å²) in [6, 6.07) is 0. The summed E-state index contributed by atoms with van der Waals surface area (Å²) in [6.07, 6.45) is 10.9. The molecule has 0 atom stereocenters. The summed E-state index contributed by atoms with van der Waals surface area (Å²) in [5.74, 6) is 0.662. The highest BCUT2D eigenvalue weighted by atomic mass is 35.5. The maximum atomic E-state index is 6.07. The Hall–Kier alpha value is -0.830. The summed E-state index contributed by atoms with van der Waals surface area (Å²) in [6.45, 7) is 5.06. The second-order valence-electron chi connectivity index (χ2n) is 4.81. The van der Waals surface area contributed by atoms with Crippen molar-refractivity contribution in [2.24, 2.45) is 0 Å². The van der Waals surface area contributed by atoms with E-state index in [1.54, 1.807) is 0 Å². The summed E-state index contributed by atoms with van der Waals surface area (Å²) in [5.41, 5.74) is 0.942. The van der Waals surface area contributed by atoms with E-state index in [0.29, 0.717) is 11.0 Å². The number of unbranched alkanes of at least 4 members (excludes halogenated alkanes) is 5. The quantitative estimate of drug-likeness (QED) is 0.456. The monoisotopic (exact) mass is 284 g/mol. The normalized spacial score (nSPS) is 10.7. The molecule has 0 N–H and O–H groups in total. The average molecular weight is 285 g/mol. The Kier molecular flexibility index (Phi) is 8.55. The van der Waals surface area contributed by atoms with Crippen molar-refractivity contribution in [3.8, 4) is 5.88 Å².